The zero-order valence-electron chi connectivity index (χ0n) is 26.4. The molecule has 1 unspecified atom stereocenters. The molecule has 0 bridgehead atoms. The van der Waals surface area contributed by atoms with Crippen LogP contribution in [0.3, 0.4) is 0 Å². The molecule has 0 radical (unpaired) electrons. The standard InChI is InChI=1S/C37H31N3O7S2/c1-2-44-29-19-25(13-15-28(29)47-21-23-9-5-3-6-10-23)32-31(33(41)26-14-16-27-30(20-26)46-18-17-45-27)34(42)35(43)40(32)36-38-39-37(49-36)48-22-24-11-7-4-8-12-24/h3-16,19-20,32,41H,2,17-18,21-22H2,1H3. The summed E-state index contributed by atoms with van der Waals surface area (Å²) >= 11 is 2.68. The van der Waals surface area contributed by atoms with Crippen LogP contribution in [0.1, 0.15) is 35.2 Å². The highest BCUT2D eigenvalue weighted by Gasteiger charge is 2.48. The minimum atomic E-state index is -1.05. The third-order valence-electron chi connectivity index (χ3n) is 7.89. The van der Waals surface area contributed by atoms with Gasteiger partial charge in [0, 0.05) is 11.3 Å². The predicted molar refractivity (Wildman–Crippen MR) is 187 cm³/mol. The number of carbonyl (C=O) groups is 2. The molecule has 12 heteroatoms. The molecule has 1 amide bonds. The number of aliphatic hydroxyl groups excluding tert-OH is 1. The number of amides is 1. The second kappa shape index (κ2) is 14.4. The number of fused-ring (bicyclic) bond motifs is 1. The summed E-state index contributed by atoms with van der Waals surface area (Å²) in [6.45, 7) is 3.28. The molecule has 2 aliphatic heterocycles. The van der Waals surface area contributed by atoms with E-state index < -0.39 is 17.7 Å². The molecule has 3 heterocycles. The molecule has 49 heavy (non-hydrogen) atoms. The van der Waals surface area contributed by atoms with E-state index >= 15 is 0 Å². The summed E-state index contributed by atoms with van der Waals surface area (Å²) < 4.78 is 24.1. The predicted octanol–water partition coefficient (Wildman–Crippen LogP) is 7.21. The monoisotopic (exact) mass is 693 g/mol. The minimum Gasteiger partial charge on any atom is -0.507 e. The lowest BCUT2D eigenvalue weighted by molar-refractivity contribution is -0.132. The van der Waals surface area contributed by atoms with Gasteiger partial charge < -0.3 is 24.1 Å². The Labute approximate surface area is 290 Å². The van der Waals surface area contributed by atoms with Crippen LogP contribution in [0.4, 0.5) is 5.13 Å². The lowest BCUT2D eigenvalue weighted by Crippen LogP contribution is -2.29. The topological polar surface area (TPSA) is 120 Å². The van der Waals surface area contributed by atoms with Crippen LogP contribution in [-0.4, -0.2) is 46.8 Å². The molecule has 5 aromatic rings. The first-order valence-electron chi connectivity index (χ1n) is 15.6. The molecule has 10 nitrogen and oxygen atoms in total. The van der Waals surface area contributed by atoms with Gasteiger partial charge in [0.2, 0.25) is 5.13 Å². The van der Waals surface area contributed by atoms with Gasteiger partial charge >= 0.3 is 5.91 Å². The van der Waals surface area contributed by atoms with Gasteiger partial charge in [-0.2, -0.15) is 0 Å². The average Bonchev–Trinajstić information content (AvgIpc) is 3.72. The first-order valence-corrected chi connectivity index (χ1v) is 17.4. The van der Waals surface area contributed by atoms with E-state index in [1.165, 1.54) is 28.0 Å². The van der Waals surface area contributed by atoms with Crippen LogP contribution >= 0.6 is 23.1 Å². The van der Waals surface area contributed by atoms with E-state index in [-0.39, 0.29) is 16.5 Å². The number of carbonyl (C=O) groups excluding carboxylic acids is 2. The van der Waals surface area contributed by atoms with Crippen molar-refractivity contribution in [2.24, 2.45) is 0 Å². The van der Waals surface area contributed by atoms with Crippen molar-refractivity contribution in [3.05, 3.63) is 125 Å². The fourth-order valence-electron chi connectivity index (χ4n) is 5.59. The Kier molecular flexibility index (Phi) is 9.49. The maximum Gasteiger partial charge on any atom is 0.301 e. The molecule has 1 atom stereocenters. The fourth-order valence-corrected chi connectivity index (χ4v) is 7.41. The molecular weight excluding hydrogens is 663 g/mol. The van der Waals surface area contributed by atoms with E-state index in [1.54, 1.807) is 36.4 Å². The van der Waals surface area contributed by atoms with Gasteiger partial charge in [0.15, 0.2) is 27.3 Å². The Balaban J connectivity index is 1.28. The van der Waals surface area contributed by atoms with Crippen molar-refractivity contribution in [3.63, 3.8) is 0 Å². The van der Waals surface area contributed by atoms with Crippen LogP contribution in [0.2, 0.25) is 0 Å². The van der Waals surface area contributed by atoms with Gasteiger partial charge in [-0.15, -0.1) is 10.2 Å². The molecule has 2 aliphatic rings. The number of benzene rings is 4. The van der Waals surface area contributed by atoms with Gasteiger partial charge in [-0.3, -0.25) is 14.5 Å². The second-order valence-electron chi connectivity index (χ2n) is 11.1. The van der Waals surface area contributed by atoms with Crippen LogP contribution in [0.25, 0.3) is 5.76 Å². The summed E-state index contributed by atoms with van der Waals surface area (Å²) in [6.07, 6.45) is 0. The van der Waals surface area contributed by atoms with Crippen molar-refractivity contribution in [2.45, 2.75) is 29.7 Å². The van der Waals surface area contributed by atoms with Gasteiger partial charge in [0.05, 0.1) is 18.2 Å². The lowest BCUT2D eigenvalue weighted by atomic mass is 9.95. The van der Waals surface area contributed by atoms with Crippen LogP contribution in [0.5, 0.6) is 23.0 Å². The molecule has 1 fully saturated rings. The molecule has 248 valence electrons. The van der Waals surface area contributed by atoms with E-state index in [1.807, 2.05) is 67.6 Å². The molecule has 0 spiro atoms. The van der Waals surface area contributed by atoms with E-state index in [0.717, 1.165) is 11.1 Å². The zero-order valence-corrected chi connectivity index (χ0v) is 28.0. The number of thioether (sulfide) groups is 1. The van der Waals surface area contributed by atoms with Crippen molar-refractivity contribution in [1.82, 2.24) is 10.2 Å². The summed E-state index contributed by atoms with van der Waals surface area (Å²) in [4.78, 5) is 29.0. The first-order chi connectivity index (χ1) is 24.0. The highest BCUT2D eigenvalue weighted by molar-refractivity contribution is 8.00. The maximum absolute atomic E-state index is 13.9. The van der Waals surface area contributed by atoms with Crippen molar-refractivity contribution in [3.8, 4) is 23.0 Å². The number of hydrogen-bond donors (Lipinski definition) is 1. The van der Waals surface area contributed by atoms with E-state index in [9.17, 15) is 14.7 Å². The van der Waals surface area contributed by atoms with Crippen molar-refractivity contribution < 1.29 is 33.6 Å². The maximum atomic E-state index is 13.9. The van der Waals surface area contributed by atoms with Crippen LogP contribution in [0.15, 0.2) is 107 Å². The van der Waals surface area contributed by atoms with Crippen molar-refractivity contribution in [1.29, 1.82) is 0 Å². The Bertz CT molecular complexity index is 2020. The van der Waals surface area contributed by atoms with Gasteiger partial charge in [-0.1, -0.05) is 89.8 Å². The van der Waals surface area contributed by atoms with E-state index in [2.05, 4.69) is 10.2 Å². The van der Waals surface area contributed by atoms with Crippen molar-refractivity contribution >= 4 is 45.7 Å². The van der Waals surface area contributed by atoms with Crippen LogP contribution < -0.4 is 23.8 Å². The normalized spacial score (nSPS) is 16.5. The molecule has 0 saturated carbocycles. The highest BCUT2D eigenvalue weighted by atomic mass is 32.2. The third kappa shape index (κ3) is 6.83. The smallest absolute Gasteiger partial charge is 0.301 e. The number of ketones is 1. The van der Waals surface area contributed by atoms with Gasteiger partial charge in [-0.25, -0.2) is 0 Å². The molecule has 0 aliphatic carbocycles. The number of ether oxygens (including phenoxy) is 4. The van der Waals surface area contributed by atoms with Gasteiger partial charge in [0.25, 0.3) is 5.78 Å². The number of hydrogen-bond acceptors (Lipinski definition) is 11. The summed E-state index contributed by atoms with van der Waals surface area (Å²) in [5.74, 6) is 0.504. The summed E-state index contributed by atoms with van der Waals surface area (Å²) in [7, 11) is 0. The largest absolute Gasteiger partial charge is 0.507 e. The van der Waals surface area contributed by atoms with Gasteiger partial charge in [0.1, 0.15) is 25.6 Å². The zero-order chi connectivity index (χ0) is 33.7. The Hall–Kier alpha value is -5.33. The number of aromatic nitrogens is 2. The summed E-state index contributed by atoms with van der Waals surface area (Å²) in [6, 6.07) is 28.8. The quantitative estimate of drug-likeness (QED) is 0.0500. The molecule has 1 N–H and O–H groups in total. The Morgan fingerprint density at radius 3 is 2.37 bits per heavy atom. The summed E-state index contributed by atoms with van der Waals surface area (Å²) in [5, 5.41) is 20.6. The Morgan fingerprint density at radius 2 is 1.61 bits per heavy atom. The van der Waals surface area contributed by atoms with Crippen LogP contribution in [-0.2, 0) is 21.9 Å². The molecular formula is C37H31N3O7S2. The van der Waals surface area contributed by atoms with E-state index in [4.69, 9.17) is 18.9 Å². The van der Waals surface area contributed by atoms with Gasteiger partial charge in [-0.05, 0) is 53.9 Å². The second-order valence-corrected chi connectivity index (χ2v) is 13.2. The third-order valence-corrected chi connectivity index (χ3v) is 10.0. The fraction of sp³-hybridized carbons (Fsp3) is 0.189. The lowest BCUT2D eigenvalue weighted by Gasteiger charge is -2.24. The molecule has 1 aromatic heterocycles. The number of Topliss-reactive ketones (excluding diaryl/α,β-unsaturated/α-hetero) is 1. The van der Waals surface area contributed by atoms with E-state index in [0.29, 0.717) is 70.6 Å². The first kappa shape index (κ1) is 32.2. The molecule has 7 rings (SSSR count). The summed E-state index contributed by atoms with van der Waals surface area (Å²) in [5.41, 5.74) is 2.82. The number of nitrogens with zero attached hydrogens (tertiary/aromatic N) is 3. The number of anilines is 1. The van der Waals surface area contributed by atoms with Crippen LogP contribution in [0, 0.1) is 0 Å². The number of aliphatic hydroxyl groups is 1. The molecule has 1 saturated heterocycles. The Morgan fingerprint density at radius 1 is 0.878 bits per heavy atom. The van der Waals surface area contributed by atoms with Crippen molar-refractivity contribution in [2.75, 3.05) is 24.7 Å². The molecule has 4 aromatic carbocycles. The number of rotatable bonds is 11. The minimum absolute atomic E-state index is 0.101. The SMILES string of the molecule is CCOc1cc(C2C(=C(O)c3ccc4c(c3)OCCO4)C(=O)C(=O)N2c2nnc(SCc3ccccc3)s2)ccc1OCc1ccccc1. The average molecular weight is 694 g/mol. The highest BCUT2D eigenvalue weighted by Crippen LogP contribution is 2.46.